The van der Waals surface area contributed by atoms with Crippen molar-refractivity contribution in [2.45, 2.75) is 127 Å². The van der Waals surface area contributed by atoms with E-state index in [2.05, 4.69) is 27.2 Å². The van der Waals surface area contributed by atoms with E-state index in [1.165, 1.54) is 4.90 Å². The summed E-state index contributed by atoms with van der Waals surface area (Å²) in [6.45, 7) is 6.22. The molecule has 0 aromatic heterocycles. The Morgan fingerprint density at radius 2 is 1.76 bits per heavy atom. The third-order valence-corrected chi connectivity index (χ3v) is 9.06. The fourth-order valence-corrected chi connectivity index (χ4v) is 6.88. The maximum atomic E-state index is 13.3. The van der Waals surface area contributed by atoms with Crippen molar-refractivity contribution >= 4 is 23.8 Å². The van der Waals surface area contributed by atoms with Crippen molar-refractivity contribution in [1.29, 1.82) is 0 Å². The lowest BCUT2D eigenvalue weighted by Gasteiger charge is -2.43. The second-order valence-corrected chi connectivity index (χ2v) is 13.4. The average molecular weight is 619 g/mol. The molecule has 4 aliphatic rings. The largest absolute Gasteiger partial charge is 0.444 e. The second-order valence-electron chi connectivity index (χ2n) is 13.4. The molecule has 12 nitrogen and oxygen atoms in total. The molecule has 240 valence electrons. The molecule has 0 radical (unpaired) electrons. The zero-order valence-electron chi connectivity index (χ0n) is 26.3. The lowest BCUT2D eigenvalue weighted by atomic mass is 9.86. The van der Waals surface area contributed by atoms with Gasteiger partial charge < -0.3 is 19.3 Å². The lowest BCUT2D eigenvalue weighted by molar-refractivity contribution is -0.136. The van der Waals surface area contributed by atoms with E-state index >= 15 is 0 Å². The van der Waals surface area contributed by atoms with Gasteiger partial charge >= 0.3 is 6.09 Å². The van der Waals surface area contributed by atoms with E-state index in [-0.39, 0.29) is 55.2 Å². The molecule has 2 saturated carbocycles. The molecule has 1 N–H and O–H groups in total. The summed E-state index contributed by atoms with van der Waals surface area (Å²) in [6, 6.07) is 4.91. The predicted octanol–water partition coefficient (Wildman–Crippen LogP) is 4.99. The molecule has 12 heteroatoms. The number of fused-ring (bicyclic) bond motifs is 1. The van der Waals surface area contributed by atoms with Crippen molar-refractivity contribution < 1.29 is 28.7 Å². The molecule has 1 aromatic rings. The van der Waals surface area contributed by atoms with Gasteiger partial charge in [0.15, 0.2) is 0 Å². The minimum Gasteiger partial charge on any atom is -0.444 e. The van der Waals surface area contributed by atoms with Crippen LogP contribution in [0.4, 0.5) is 4.79 Å². The van der Waals surface area contributed by atoms with Gasteiger partial charge in [0.2, 0.25) is 11.8 Å². The summed E-state index contributed by atoms with van der Waals surface area (Å²) in [5.74, 6) is 5.28. The van der Waals surface area contributed by atoms with E-state index in [1.54, 1.807) is 12.1 Å². The number of nitrogens with one attached hydrogen (secondary N) is 1. The minimum atomic E-state index is -0.643. The summed E-state index contributed by atoms with van der Waals surface area (Å²) in [5, 5.41) is 6.21. The van der Waals surface area contributed by atoms with Crippen LogP contribution in [0.25, 0.3) is 10.4 Å². The summed E-state index contributed by atoms with van der Waals surface area (Å²) in [4.78, 5) is 56.5. The number of carbonyl (C=O) groups excluding carboxylic acids is 4. The molecule has 4 amide bonds. The molecule has 0 bridgehead atoms. The van der Waals surface area contributed by atoms with E-state index in [9.17, 15) is 19.2 Å². The Kier molecular flexibility index (Phi) is 10.0. The number of carbonyl (C=O) groups is 4. The third-order valence-electron chi connectivity index (χ3n) is 9.06. The average Bonchev–Trinajstić information content (AvgIpc) is 3.31. The van der Waals surface area contributed by atoms with Crippen molar-refractivity contribution in [3.05, 3.63) is 45.3 Å². The van der Waals surface area contributed by atoms with Crippen LogP contribution >= 0.6 is 0 Å². The first-order chi connectivity index (χ1) is 21.5. The maximum absolute atomic E-state index is 13.3. The molecular formula is C33H42N6O6. The van der Waals surface area contributed by atoms with Gasteiger partial charge in [-0.05, 0) is 108 Å². The van der Waals surface area contributed by atoms with Gasteiger partial charge in [-0.25, -0.2) is 4.79 Å². The topological polar surface area (TPSA) is 154 Å². The number of imide groups is 1. The van der Waals surface area contributed by atoms with Gasteiger partial charge in [-0.1, -0.05) is 17.0 Å². The molecule has 1 atom stereocenters. The number of piperidine rings is 1. The van der Waals surface area contributed by atoms with Crippen LogP contribution in [0.5, 0.6) is 0 Å². The molecule has 1 saturated heterocycles. The van der Waals surface area contributed by atoms with Crippen LogP contribution < -0.4 is 5.32 Å². The van der Waals surface area contributed by atoms with Gasteiger partial charge in [0.25, 0.3) is 5.91 Å². The number of hydrogen-bond acceptors (Lipinski definition) is 7. The summed E-state index contributed by atoms with van der Waals surface area (Å²) in [6.07, 6.45) is 6.71. The molecule has 0 spiro atoms. The zero-order valence-corrected chi connectivity index (χ0v) is 26.3. The third kappa shape index (κ3) is 7.96. The number of ether oxygens (including phenoxy) is 2. The number of rotatable bonds is 6. The molecular weight excluding hydrogens is 576 g/mol. The molecule has 2 aliphatic carbocycles. The van der Waals surface area contributed by atoms with Crippen LogP contribution in [0.15, 0.2) is 23.3 Å². The number of benzene rings is 1. The molecule has 2 heterocycles. The Morgan fingerprint density at radius 1 is 1.07 bits per heavy atom. The van der Waals surface area contributed by atoms with Gasteiger partial charge in [-0.2, -0.15) is 0 Å². The fraction of sp³-hybridized carbons (Fsp3) is 0.636. The van der Waals surface area contributed by atoms with Crippen LogP contribution in [0.3, 0.4) is 0 Å². The molecule has 3 fully saturated rings. The molecule has 45 heavy (non-hydrogen) atoms. The highest BCUT2D eigenvalue weighted by molar-refractivity contribution is 6.05. The Labute approximate surface area is 263 Å². The second kappa shape index (κ2) is 13.9. The Balaban J connectivity index is 1.12. The molecule has 2 aliphatic heterocycles. The lowest BCUT2D eigenvalue weighted by Crippen LogP contribution is -2.52. The van der Waals surface area contributed by atoms with Crippen LogP contribution in [0, 0.1) is 11.8 Å². The quantitative estimate of drug-likeness (QED) is 0.156. The Morgan fingerprint density at radius 3 is 2.40 bits per heavy atom. The Bertz CT molecular complexity index is 1420. The van der Waals surface area contributed by atoms with E-state index < -0.39 is 17.6 Å². The van der Waals surface area contributed by atoms with Gasteiger partial charge in [-0.15, -0.1) is 0 Å². The molecule has 1 unspecified atom stereocenters. The summed E-state index contributed by atoms with van der Waals surface area (Å²) < 4.78 is 11.9. The van der Waals surface area contributed by atoms with Gasteiger partial charge in [0.1, 0.15) is 18.2 Å². The summed E-state index contributed by atoms with van der Waals surface area (Å²) in [7, 11) is 0. The molecule has 1 aromatic carbocycles. The van der Waals surface area contributed by atoms with Crippen molar-refractivity contribution in [2.75, 3.05) is 6.61 Å². The monoisotopic (exact) mass is 618 g/mol. The summed E-state index contributed by atoms with van der Waals surface area (Å²) >= 11 is 0. The van der Waals surface area contributed by atoms with Crippen LogP contribution in [-0.4, -0.2) is 76.1 Å². The first kappa shape index (κ1) is 32.3. The first-order valence-corrected chi connectivity index (χ1v) is 16.0. The zero-order chi connectivity index (χ0) is 32.1. The number of azide groups is 1. The van der Waals surface area contributed by atoms with Crippen LogP contribution in [-0.2, 0) is 25.6 Å². The van der Waals surface area contributed by atoms with Crippen molar-refractivity contribution in [1.82, 2.24) is 15.1 Å². The fourth-order valence-electron chi connectivity index (χ4n) is 6.88. The number of hydrogen-bond donors (Lipinski definition) is 1. The van der Waals surface area contributed by atoms with Gasteiger partial charge in [0, 0.05) is 47.1 Å². The SMILES string of the molecule is CC(C)(C)OC(=O)N(C1CCC(N=[N+]=[N-])CC1)[C@H]1CC[C@@H](OCC#Cc2ccc3c(c2)CN(C2CCC(=O)NC2=O)C3=O)CC1. The van der Waals surface area contributed by atoms with Crippen molar-refractivity contribution in [3.63, 3.8) is 0 Å². The van der Waals surface area contributed by atoms with E-state index in [1.807, 2.05) is 31.7 Å². The normalized spacial score (nSPS) is 26.6. The standard InChI is InChI=1S/C33H42N6O6/c1-33(2,3)45-32(43)39(24-9-7-23(8-10-24)36-37-34)25-11-13-26(14-12-25)44-18-4-5-21-6-15-27-22(19-21)20-38(31(27)42)28-16-17-29(40)35-30(28)41/h6,15,19,23-26,28H,7-14,16-18,20H2,1-3H3,(H,35,40,41)/t23?,24?,25-,26+,28?. The van der Waals surface area contributed by atoms with Gasteiger partial charge in [-0.3, -0.25) is 19.7 Å². The van der Waals surface area contributed by atoms with E-state index in [0.717, 1.165) is 62.5 Å². The van der Waals surface area contributed by atoms with Crippen LogP contribution in [0.1, 0.15) is 106 Å². The highest BCUT2D eigenvalue weighted by Gasteiger charge is 2.40. The van der Waals surface area contributed by atoms with Crippen molar-refractivity contribution in [2.24, 2.45) is 5.11 Å². The van der Waals surface area contributed by atoms with E-state index in [0.29, 0.717) is 18.5 Å². The van der Waals surface area contributed by atoms with Gasteiger partial charge in [0.05, 0.1) is 6.10 Å². The number of nitrogens with zero attached hydrogens (tertiary/aromatic N) is 5. The summed E-state index contributed by atoms with van der Waals surface area (Å²) in [5.41, 5.74) is 10.4. The highest BCUT2D eigenvalue weighted by Crippen LogP contribution is 2.33. The predicted molar refractivity (Wildman–Crippen MR) is 165 cm³/mol. The molecule has 5 rings (SSSR count). The van der Waals surface area contributed by atoms with E-state index in [4.69, 9.17) is 15.0 Å². The maximum Gasteiger partial charge on any atom is 0.410 e. The highest BCUT2D eigenvalue weighted by atomic mass is 16.6. The van der Waals surface area contributed by atoms with Crippen LogP contribution in [0.2, 0.25) is 0 Å². The number of amides is 4. The van der Waals surface area contributed by atoms with Crippen molar-refractivity contribution in [3.8, 4) is 11.8 Å². The smallest absolute Gasteiger partial charge is 0.410 e. The first-order valence-electron chi connectivity index (χ1n) is 16.0. The Hall–Kier alpha value is -4.07. The minimum absolute atomic E-state index is 0.0104.